The molecule has 0 aliphatic rings. The second kappa shape index (κ2) is 6.95. The lowest BCUT2D eigenvalue weighted by atomic mass is 10.0. The lowest BCUT2D eigenvalue weighted by molar-refractivity contribution is 0.533. The molecule has 0 saturated carbocycles. The summed E-state index contributed by atoms with van der Waals surface area (Å²) in [6, 6.07) is 4.29. The number of hydrogen-bond donors (Lipinski definition) is 1. The Hall–Kier alpha value is -1.53. The molecule has 0 aliphatic carbocycles. The number of rotatable bonds is 5. The summed E-state index contributed by atoms with van der Waals surface area (Å²) < 4.78 is 28.2. The highest BCUT2D eigenvalue weighted by atomic mass is 32.2. The SMILES string of the molecule is CCC(N)Cc1cc(F)c(Sc2nccc(C)n2)c(F)c1. The quantitative estimate of drug-likeness (QED) is 0.859. The lowest BCUT2D eigenvalue weighted by Gasteiger charge is -2.11. The fraction of sp³-hybridized carbons (Fsp3) is 0.333. The predicted octanol–water partition coefficient (Wildman–Crippen LogP) is 3.49. The van der Waals surface area contributed by atoms with Gasteiger partial charge in [-0.1, -0.05) is 6.92 Å². The van der Waals surface area contributed by atoms with Crippen LogP contribution in [0.4, 0.5) is 8.78 Å². The molecular formula is C15H17F2N3S. The summed E-state index contributed by atoms with van der Waals surface area (Å²) in [5.74, 6) is -1.22. The van der Waals surface area contributed by atoms with Gasteiger partial charge in [-0.25, -0.2) is 18.7 Å². The molecule has 112 valence electrons. The van der Waals surface area contributed by atoms with Gasteiger partial charge in [-0.05, 0) is 55.3 Å². The van der Waals surface area contributed by atoms with E-state index >= 15 is 0 Å². The summed E-state index contributed by atoms with van der Waals surface area (Å²) in [6.07, 6.45) is 2.78. The highest BCUT2D eigenvalue weighted by Gasteiger charge is 2.15. The molecule has 6 heteroatoms. The Morgan fingerprint density at radius 1 is 1.29 bits per heavy atom. The third-order valence-corrected chi connectivity index (χ3v) is 4.02. The summed E-state index contributed by atoms with van der Waals surface area (Å²) in [4.78, 5) is 8.04. The molecule has 3 nitrogen and oxygen atoms in total. The molecule has 2 aromatic rings. The maximum atomic E-state index is 14.1. The zero-order valence-corrected chi connectivity index (χ0v) is 12.8. The maximum Gasteiger partial charge on any atom is 0.192 e. The van der Waals surface area contributed by atoms with E-state index in [-0.39, 0.29) is 10.9 Å². The number of nitrogens with two attached hydrogens (primary N) is 1. The van der Waals surface area contributed by atoms with Gasteiger partial charge in [-0.15, -0.1) is 0 Å². The highest BCUT2D eigenvalue weighted by Crippen LogP contribution is 2.30. The van der Waals surface area contributed by atoms with Crippen LogP contribution in [0.5, 0.6) is 0 Å². The number of halogens is 2. The Bertz CT molecular complexity index is 611. The third kappa shape index (κ3) is 4.22. The molecule has 0 fully saturated rings. The van der Waals surface area contributed by atoms with Gasteiger partial charge in [0.15, 0.2) is 5.16 Å². The van der Waals surface area contributed by atoms with Gasteiger partial charge in [0.2, 0.25) is 0 Å². The second-order valence-electron chi connectivity index (χ2n) is 4.84. The zero-order valence-electron chi connectivity index (χ0n) is 11.9. The lowest BCUT2D eigenvalue weighted by Crippen LogP contribution is -2.21. The van der Waals surface area contributed by atoms with Crippen LogP contribution in [0.2, 0.25) is 0 Å². The van der Waals surface area contributed by atoms with Gasteiger partial charge in [0.05, 0.1) is 4.90 Å². The topological polar surface area (TPSA) is 51.8 Å². The van der Waals surface area contributed by atoms with E-state index in [2.05, 4.69) is 9.97 Å². The molecule has 1 aromatic heterocycles. The highest BCUT2D eigenvalue weighted by molar-refractivity contribution is 7.99. The van der Waals surface area contributed by atoms with Crippen molar-refractivity contribution in [1.29, 1.82) is 0 Å². The fourth-order valence-corrected chi connectivity index (χ4v) is 2.64. The molecule has 0 amide bonds. The summed E-state index contributed by atoms with van der Waals surface area (Å²) in [5.41, 5.74) is 7.13. The van der Waals surface area contributed by atoms with Crippen LogP contribution >= 0.6 is 11.8 Å². The van der Waals surface area contributed by atoms with Crippen LogP contribution in [0.25, 0.3) is 0 Å². The number of benzene rings is 1. The first-order chi connectivity index (χ1) is 9.99. The average molecular weight is 309 g/mol. The number of hydrogen-bond acceptors (Lipinski definition) is 4. The molecule has 2 rings (SSSR count). The summed E-state index contributed by atoms with van der Waals surface area (Å²) in [6.45, 7) is 3.74. The zero-order chi connectivity index (χ0) is 15.4. The molecule has 0 spiro atoms. The summed E-state index contributed by atoms with van der Waals surface area (Å²) in [5, 5.41) is 0.325. The monoisotopic (exact) mass is 309 g/mol. The van der Waals surface area contributed by atoms with Crippen molar-refractivity contribution < 1.29 is 8.78 Å². The van der Waals surface area contributed by atoms with Crippen LogP contribution in [-0.4, -0.2) is 16.0 Å². The second-order valence-corrected chi connectivity index (χ2v) is 5.82. The largest absolute Gasteiger partial charge is 0.327 e. The van der Waals surface area contributed by atoms with Crippen LogP contribution in [0, 0.1) is 18.6 Å². The maximum absolute atomic E-state index is 14.1. The van der Waals surface area contributed by atoms with Crippen LogP contribution < -0.4 is 5.73 Å². The van der Waals surface area contributed by atoms with Crippen LogP contribution in [0.3, 0.4) is 0 Å². The van der Waals surface area contributed by atoms with Gasteiger partial charge in [0.25, 0.3) is 0 Å². The smallest absolute Gasteiger partial charge is 0.192 e. The summed E-state index contributed by atoms with van der Waals surface area (Å²) in [7, 11) is 0. The molecule has 21 heavy (non-hydrogen) atoms. The van der Waals surface area contributed by atoms with E-state index in [9.17, 15) is 8.78 Å². The molecular weight excluding hydrogens is 292 g/mol. The molecule has 1 unspecified atom stereocenters. The Morgan fingerprint density at radius 2 is 1.95 bits per heavy atom. The van der Waals surface area contributed by atoms with Crippen LogP contribution in [0.15, 0.2) is 34.4 Å². The Labute approximate surface area is 127 Å². The molecule has 0 bridgehead atoms. The average Bonchev–Trinajstić information content (AvgIpc) is 2.43. The molecule has 1 aromatic carbocycles. The van der Waals surface area contributed by atoms with Crippen molar-refractivity contribution in [3.63, 3.8) is 0 Å². The first-order valence-corrected chi connectivity index (χ1v) is 7.52. The molecule has 2 N–H and O–H groups in total. The minimum atomic E-state index is -0.608. The molecule has 1 atom stereocenters. The van der Waals surface area contributed by atoms with Crippen molar-refractivity contribution in [1.82, 2.24) is 9.97 Å². The van der Waals surface area contributed by atoms with E-state index in [1.807, 2.05) is 6.92 Å². The van der Waals surface area contributed by atoms with Gasteiger partial charge < -0.3 is 5.73 Å². The van der Waals surface area contributed by atoms with E-state index in [1.54, 1.807) is 19.2 Å². The first-order valence-electron chi connectivity index (χ1n) is 6.70. The van der Waals surface area contributed by atoms with Crippen LogP contribution in [0.1, 0.15) is 24.6 Å². The summed E-state index contributed by atoms with van der Waals surface area (Å²) >= 11 is 0.885. The third-order valence-electron chi connectivity index (χ3n) is 3.05. The van der Waals surface area contributed by atoms with E-state index in [1.165, 1.54) is 12.1 Å². The fourth-order valence-electron chi connectivity index (χ4n) is 1.84. The number of nitrogens with zero attached hydrogens (tertiary/aromatic N) is 2. The molecule has 1 heterocycles. The van der Waals surface area contributed by atoms with Crippen molar-refractivity contribution in [2.45, 2.75) is 42.8 Å². The van der Waals surface area contributed by atoms with Gasteiger partial charge in [-0.3, -0.25) is 0 Å². The molecule has 0 radical (unpaired) electrons. The minimum absolute atomic E-state index is 0.0885. The van der Waals surface area contributed by atoms with Gasteiger partial charge >= 0.3 is 0 Å². The Kier molecular flexibility index (Phi) is 5.25. The van der Waals surface area contributed by atoms with Gasteiger partial charge in [-0.2, -0.15) is 0 Å². The van der Waals surface area contributed by atoms with Crippen molar-refractivity contribution in [2.75, 3.05) is 0 Å². The van der Waals surface area contributed by atoms with Crippen LogP contribution in [-0.2, 0) is 6.42 Å². The van der Waals surface area contributed by atoms with E-state index in [0.717, 1.165) is 23.9 Å². The minimum Gasteiger partial charge on any atom is -0.327 e. The standard InChI is InChI=1S/C15H17F2N3S/c1-3-11(18)6-10-7-12(16)14(13(17)8-10)21-15-19-5-4-9(2)20-15/h4-5,7-8,11H,3,6,18H2,1-2H3. The van der Waals surface area contributed by atoms with Crippen molar-refractivity contribution >= 4 is 11.8 Å². The van der Waals surface area contributed by atoms with E-state index in [0.29, 0.717) is 17.1 Å². The first kappa shape index (κ1) is 15.9. The molecule has 0 aliphatic heterocycles. The van der Waals surface area contributed by atoms with Gasteiger partial charge in [0.1, 0.15) is 11.6 Å². The van der Waals surface area contributed by atoms with Gasteiger partial charge in [0, 0.05) is 17.9 Å². The van der Waals surface area contributed by atoms with Crippen molar-refractivity contribution in [3.05, 3.63) is 47.3 Å². The normalized spacial score (nSPS) is 12.4. The van der Waals surface area contributed by atoms with Crippen molar-refractivity contribution in [3.8, 4) is 0 Å². The van der Waals surface area contributed by atoms with Crippen molar-refractivity contribution in [2.24, 2.45) is 5.73 Å². The van der Waals surface area contributed by atoms with E-state index in [4.69, 9.17) is 5.73 Å². The van der Waals surface area contributed by atoms with E-state index < -0.39 is 11.6 Å². The molecule has 0 saturated heterocycles. The number of aromatic nitrogens is 2. The Balaban J connectivity index is 2.25. The predicted molar refractivity (Wildman–Crippen MR) is 79.2 cm³/mol. The number of aryl methyl sites for hydroxylation is 1. The Morgan fingerprint density at radius 3 is 2.52 bits per heavy atom.